The molecule has 3 rings (SSSR count). The number of thiocarbonyl (C=S) groups is 1. The van der Waals surface area contributed by atoms with Gasteiger partial charge in [-0.3, -0.25) is 0 Å². The van der Waals surface area contributed by atoms with E-state index in [1.54, 1.807) is 17.4 Å². The maximum atomic E-state index is 14.0. The molecule has 0 aliphatic carbocycles. The molecule has 0 atom stereocenters. The minimum atomic E-state index is -0.733. The van der Waals surface area contributed by atoms with Crippen LogP contribution < -0.4 is 11.1 Å². The average molecular weight is 320 g/mol. The molecule has 0 amide bonds. The van der Waals surface area contributed by atoms with Crippen LogP contribution in [0.25, 0.3) is 10.1 Å². The van der Waals surface area contributed by atoms with E-state index < -0.39 is 11.6 Å². The molecule has 21 heavy (non-hydrogen) atoms. The molecule has 3 N–H and O–H groups in total. The van der Waals surface area contributed by atoms with Gasteiger partial charge in [0.15, 0.2) is 0 Å². The largest absolute Gasteiger partial charge is 0.389 e. The Hall–Kier alpha value is -2.05. The van der Waals surface area contributed by atoms with Gasteiger partial charge in [0.05, 0.1) is 0 Å². The van der Waals surface area contributed by atoms with E-state index in [0.29, 0.717) is 5.69 Å². The Labute approximate surface area is 129 Å². The van der Waals surface area contributed by atoms with Crippen LogP contribution in [0.3, 0.4) is 0 Å². The number of fused-ring (bicyclic) bond motifs is 1. The molecule has 3 aromatic rings. The molecule has 0 saturated carbocycles. The van der Waals surface area contributed by atoms with Crippen molar-refractivity contribution in [2.24, 2.45) is 5.73 Å². The first kappa shape index (κ1) is 13.9. The minimum absolute atomic E-state index is 0.0426. The predicted octanol–water partition coefficient (Wildman–Crippen LogP) is 4.56. The smallest absolute Gasteiger partial charge is 0.150 e. The minimum Gasteiger partial charge on any atom is -0.389 e. The number of benzene rings is 2. The third kappa shape index (κ3) is 2.72. The number of anilines is 2. The topological polar surface area (TPSA) is 38.0 Å². The van der Waals surface area contributed by atoms with Crippen molar-refractivity contribution >= 4 is 50.0 Å². The zero-order valence-corrected chi connectivity index (χ0v) is 12.3. The molecule has 2 nitrogen and oxygen atoms in total. The molecule has 6 heteroatoms. The monoisotopic (exact) mass is 320 g/mol. The van der Waals surface area contributed by atoms with Gasteiger partial charge in [0.1, 0.15) is 22.3 Å². The van der Waals surface area contributed by atoms with Crippen molar-refractivity contribution in [3.63, 3.8) is 0 Å². The van der Waals surface area contributed by atoms with Gasteiger partial charge in [-0.25, -0.2) is 8.78 Å². The van der Waals surface area contributed by atoms with E-state index in [9.17, 15) is 8.78 Å². The van der Waals surface area contributed by atoms with E-state index in [1.807, 2.05) is 23.6 Å². The Morgan fingerprint density at radius 2 is 1.81 bits per heavy atom. The molecule has 2 aromatic carbocycles. The van der Waals surface area contributed by atoms with Crippen LogP contribution in [0.2, 0.25) is 0 Å². The molecule has 0 unspecified atom stereocenters. The summed E-state index contributed by atoms with van der Waals surface area (Å²) in [6.07, 6.45) is 0. The molecule has 106 valence electrons. The van der Waals surface area contributed by atoms with Crippen molar-refractivity contribution in [1.29, 1.82) is 0 Å². The number of hydrogen-bond acceptors (Lipinski definition) is 3. The SMILES string of the molecule is NC(=S)c1cc(F)c(Nc2ccc3sccc3c2)c(F)c1. The van der Waals surface area contributed by atoms with Crippen molar-refractivity contribution < 1.29 is 8.78 Å². The van der Waals surface area contributed by atoms with Crippen LogP contribution in [0, 0.1) is 11.6 Å². The highest BCUT2D eigenvalue weighted by Crippen LogP contribution is 2.28. The van der Waals surface area contributed by atoms with Crippen LogP contribution in [0.1, 0.15) is 5.56 Å². The van der Waals surface area contributed by atoms with Crippen molar-refractivity contribution in [2.45, 2.75) is 0 Å². The van der Waals surface area contributed by atoms with Crippen LogP contribution in [-0.4, -0.2) is 4.99 Å². The lowest BCUT2D eigenvalue weighted by atomic mass is 10.1. The lowest BCUT2D eigenvalue weighted by Crippen LogP contribution is -2.11. The van der Waals surface area contributed by atoms with Crippen molar-refractivity contribution in [3.05, 3.63) is 59.0 Å². The Morgan fingerprint density at radius 1 is 1.10 bits per heavy atom. The first-order valence-corrected chi connectivity index (χ1v) is 7.36. The van der Waals surface area contributed by atoms with Crippen molar-refractivity contribution in [1.82, 2.24) is 0 Å². The second-order valence-corrected chi connectivity index (χ2v) is 5.86. The third-order valence-corrected chi connectivity index (χ3v) is 4.18. The average Bonchev–Trinajstić information content (AvgIpc) is 2.90. The first-order valence-electron chi connectivity index (χ1n) is 6.08. The maximum absolute atomic E-state index is 14.0. The number of hydrogen-bond donors (Lipinski definition) is 2. The third-order valence-electron chi connectivity index (χ3n) is 3.05. The van der Waals surface area contributed by atoms with Gasteiger partial charge in [-0.2, -0.15) is 0 Å². The predicted molar refractivity (Wildman–Crippen MR) is 87.4 cm³/mol. The lowest BCUT2D eigenvalue weighted by molar-refractivity contribution is 0.590. The van der Waals surface area contributed by atoms with Crippen molar-refractivity contribution in [3.8, 4) is 0 Å². The molecule has 0 aliphatic rings. The fraction of sp³-hybridized carbons (Fsp3) is 0. The molecule has 1 aromatic heterocycles. The quantitative estimate of drug-likeness (QED) is 0.695. The summed E-state index contributed by atoms with van der Waals surface area (Å²) in [7, 11) is 0. The fourth-order valence-electron chi connectivity index (χ4n) is 2.02. The second-order valence-electron chi connectivity index (χ2n) is 4.48. The van der Waals surface area contributed by atoms with Crippen LogP contribution in [0.4, 0.5) is 20.2 Å². The van der Waals surface area contributed by atoms with Gasteiger partial charge in [-0.15, -0.1) is 11.3 Å². The Kier molecular flexibility index (Phi) is 3.57. The van der Waals surface area contributed by atoms with Gasteiger partial charge in [0.2, 0.25) is 0 Å². The number of halogens is 2. The maximum Gasteiger partial charge on any atom is 0.150 e. The fourth-order valence-corrected chi connectivity index (χ4v) is 2.91. The molecular formula is C15H10F2N2S2. The standard InChI is InChI=1S/C15H10F2N2S2/c16-11-6-9(15(18)20)7-12(17)14(11)19-10-1-2-13-8(5-10)3-4-21-13/h1-7,19H,(H2,18,20). The first-order chi connectivity index (χ1) is 10.0. The summed E-state index contributed by atoms with van der Waals surface area (Å²) in [5.74, 6) is -1.47. The molecule has 1 heterocycles. The molecule has 0 fully saturated rings. The Bertz CT molecular complexity index is 820. The van der Waals surface area contributed by atoms with Crippen LogP contribution in [-0.2, 0) is 0 Å². The number of nitrogens with two attached hydrogens (primary N) is 1. The van der Waals surface area contributed by atoms with Crippen LogP contribution in [0.5, 0.6) is 0 Å². The molecule has 0 saturated heterocycles. The van der Waals surface area contributed by atoms with Crippen LogP contribution in [0.15, 0.2) is 41.8 Å². The second kappa shape index (κ2) is 5.38. The Balaban J connectivity index is 1.99. The van der Waals surface area contributed by atoms with E-state index in [1.165, 1.54) is 0 Å². The normalized spacial score (nSPS) is 10.8. The van der Waals surface area contributed by atoms with Gasteiger partial charge < -0.3 is 11.1 Å². The number of thiophene rings is 1. The molecule has 0 spiro atoms. The highest BCUT2D eigenvalue weighted by atomic mass is 32.1. The van der Waals surface area contributed by atoms with Gasteiger partial charge in [-0.1, -0.05) is 12.2 Å². The number of nitrogens with one attached hydrogen (secondary N) is 1. The van der Waals surface area contributed by atoms with E-state index in [-0.39, 0.29) is 16.2 Å². The van der Waals surface area contributed by atoms with E-state index in [0.717, 1.165) is 22.2 Å². The van der Waals surface area contributed by atoms with Crippen LogP contribution >= 0.6 is 23.6 Å². The molecule has 0 bridgehead atoms. The lowest BCUT2D eigenvalue weighted by Gasteiger charge is -2.10. The summed E-state index contributed by atoms with van der Waals surface area (Å²) in [5, 5.41) is 5.74. The summed E-state index contributed by atoms with van der Waals surface area (Å²) in [6, 6.07) is 9.72. The Morgan fingerprint density at radius 3 is 2.48 bits per heavy atom. The zero-order valence-electron chi connectivity index (χ0n) is 10.7. The van der Waals surface area contributed by atoms with E-state index in [4.69, 9.17) is 18.0 Å². The van der Waals surface area contributed by atoms with Gasteiger partial charge in [-0.05, 0) is 47.2 Å². The highest BCUT2D eigenvalue weighted by Gasteiger charge is 2.13. The van der Waals surface area contributed by atoms with Gasteiger partial charge >= 0.3 is 0 Å². The van der Waals surface area contributed by atoms with Gasteiger partial charge in [0.25, 0.3) is 0 Å². The molecular weight excluding hydrogens is 310 g/mol. The molecule has 0 aliphatic heterocycles. The highest BCUT2D eigenvalue weighted by molar-refractivity contribution is 7.80. The van der Waals surface area contributed by atoms with Crippen molar-refractivity contribution in [2.75, 3.05) is 5.32 Å². The summed E-state index contributed by atoms with van der Waals surface area (Å²) in [6.45, 7) is 0. The summed E-state index contributed by atoms with van der Waals surface area (Å²) >= 11 is 6.33. The van der Waals surface area contributed by atoms with E-state index >= 15 is 0 Å². The number of rotatable bonds is 3. The summed E-state index contributed by atoms with van der Waals surface area (Å²) < 4.78 is 29.1. The van der Waals surface area contributed by atoms with Gasteiger partial charge in [0, 0.05) is 16.0 Å². The summed E-state index contributed by atoms with van der Waals surface area (Å²) in [5.41, 5.74) is 5.94. The van der Waals surface area contributed by atoms with E-state index in [2.05, 4.69) is 5.32 Å². The summed E-state index contributed by atoms with van der Waals surface area (Å²) in [4.78, 5) is -0.0426. The zero-order chi connectivity index (χ0) is 15.0. The molecule has 0 radical (unpaired) electrons.